The molecule has 0 aliphatic heterocycles. The standard InChI is InChI=1S/C25H25N3O2/c1-28(21-13-3-2-4-14-21)24(29)19-11-7-12-20(17-19)26-25(30)27-23-16-8-10-18-9-5-6-15-22(18)23/h2-7,9,11-15,17,23H,8,10,16H2,1H3,(H2,26,27,30). The number of hydrogen-bond donors (Lipinski definition) is 2. The number of urea groups is 1. The van der Waals surface area contributed by atoms with E-state index in [1.807, 2.05) is 42.5 Å². The Kier molecular flexibility index (Phi) is 5.80. The van der Waals surface area contributed by atoms with Crippen LogP contribution in [0.4, 0.5) is 16.2 Å². The van der Waals surface area contributed by atoms with E-state index in [2.05, 4.69) is 22.8 Å². The number of carbonyl (C=O) groups excluding carboxylic acids is 2. The van der Waals surface area contributed by atoms with Gasteiger partial charge >= 0.3 is 6.03 Å². The molecule has 3 aromatic carbocycles. The number of benzene rings is 3. The number of amides is 3. The lowest BCUT2D eigenvalue weighted by Gasteiger charge is -2.26. The maximum atomic E-state index is 12.8. The lowest BCUT2D eigenvalue weighted by atomic mass is 9.88. The molecule has 152 valence electrons. The molecular formula is C25H25N3O2. The number of rotatable bonds is 4. The summed E-state index contributed by atoms with van der Waals surface area (Å²) in [6, 6.07) is 24.5. The summed E-state index contributed by atoms with van der Waals surface area (Å²) >= 11 is 0. The van der Waals surface area contributed by atoms with E-state index < -0.39 is 0 Å². The molecule has 0 bridgehead atoms. The van der Waals surface area contributed by atoms with Crippen molar-refractivity contribution >= 4 is 23.3 Å². The molecule has 0 radical (unpaired) electrons. The van der Waals surface area contributed by atoms with Gasteiger partial charge in [-0.3, -0.25) is 4.79 Å². The van der Waals surface area contributed by atoms with Gasteiger partial charge in [0.05, 0.1) is 6.04 Å². The van der Waals surface area contributed by atoms with Gasteiger partial charge in [-0.05, 0) is 60.7 Å². The minimum Gasteiger partial charge on any atom is -0.331 e. The van der Waals surface area contributed by atoms with Gasteiger partial charge in [-0.15, -0.1) is 0 Å². The summed E-state index contributed by atoms with van der Waals surface area (Å²) in [6.45, 7) is 0. The second-order valence-corrected chi connectivity index (χ2v) is 7.52. The zero-order chi connectivity index (χ0) is 20.9. The van der Waals surface area contributed by atoms with E-state index >= 15 is 0 Å². The molecule has 5 nitrogen and oxygen atoms in total. The molecule has 1 atom stereocenters. The lowest BCUT2D eigenvalue weighted by molar-refractivity contribution is 0.0993. The van der Waals surface area contributed by atoms with Crippen LogP contribution in [-0.4, -0.2) is 19.0 Å². The second-order valence-electron chi connectivity index (χ2n) is 7.52. The van der Waals surface area contributed by atoms with Crippen molar-refractivity contribution in [3.8, 4) is 0 Å². The summed E-state index contributed by atoms with van der Waals surface area (Å²) in [4.78, 5) is 27.0. The Morgan fingerprint density at radius 1 is 0.933 bits per heavy atom. The topological polar surface area (TPSA) is 61.4 Å². The van der Waals surface area contributed by atoms with Gasteiger partial charge in [-0.2, -0.15) is 0 Å². The van der Waals surface area contributed by atoms with Crippen molar-refractivity contribution in [1.29, 1.82) is 0 Å². The van der Waals surface area contributed by atoms with E-state index in [4.69, 9.17) is 0 Å². The second kappa shape index (κ2) is 8.82. The number of nitrogens with zero attached hydrogens (tertiary/aromatic N) is 1. The van der Waals surface area contributed by atoms with Crippen LogP contribution >= 0.6 is 0 Å². The van der Waals surface area contributed by atoms with Crippen molar-refractivity contribution < 1.29 is 9.59 Å². The Balaban J connectivity index is 1.43. The highest BCUT2D eigenvalue weighted by Gasteiger charge is 2.21. The van der Waals surface area contributed by atoms with Gasteiger partial charge in [-0.1, -0.05) is 48.5 Å². The van der Waals surface area contributed by atoms with E-state index in [0.29, 0.717) is 11.3 Å². The first kappa shape index (κ1) is 19.7. The van der Waals surface area contributed by atoms with Gasteiger partial charge in [-0.25, -0.2) is 4.79 Å². The fourth-order valence-electron chi connectivity index (χ4n) is 3.92. The molecule has 1 aliphatic carbocycles. The van der Waals surface area contributed by atoms with Crippen molar-refractivity contribution in [2.75, 3.05) is 17.3 Å². The summed E-state index contributed by atoms with van der Waals surface area (Å²) < 4.78 is 0. The normalized spacial score (nSPS) is 15.0. The van der Waals surface area contributed by atoms with Crippen LogP contribution in [0.25, 0.3) is 0 Å². The van der Waals surface area contributed by atoms with Gasteiger partial charge in [0.1, 0.15) is 0 Å². The van der Waals surface area contributed by atoms with Crippen molar-refractivity contribution in [2.45, 2.75) is 25.3 Å². The number of carbonyl (C=O) groups is 2. The highest BCUT2D eigenvalue weighted by molar-refractivity contribution is 6.06. The minimum absolute atomic E-state index is 0.00368. The van der Waals surface area contributed by atoms with Crippen LogP contribution in [0.3, 0.4) is 0 Å². The molecule has 0 fully saturated rings. The SMILES string of the molecule is CN(C(=O)c1cccc(NC(=O)NC2CCCc3ccccc32)c1)c1ccccc1. The molecule has 2 N–H and O–H groups in total. The first-order chi connectivity index (χ1) is 14.6. The number of nitrogens with one attached hydrogen (secondary N) is 2. The van der Waals surface area contributed by atoms with Crippen molar-refractivity contribution in [1.82, 2.24) is 5.32 Å². The molecule has 3 amide bonds. The lowest BCUT2D eigenvalue weighted by Crippen LogP contribution is -2.34. The average Bonchev–Trinajstić information content (AvgIpc) is 2.79. The van der Waals surface area contributed by atoms with Gasteiger partial charge in [0.2, 0.25) is 0 Å². The molecular weight excluding hydrogens is 374 g/mol. The molecule has 0 heterocycles. The number of aryl methyl sites for hydroxylation is 1. The molecule has 0 spiro atoms. The van der Waals surface area contributed by atoms with Crippen LogP contribution < -0.4 is 15.5 Å². The van der Waals surface area contributed by atoms with E-state index in [1.54, 1.807) is 36.2 Å². The number of anilines is 2. The minimum atomic E-state index is -0.266. The molecule has 30 heavy (non-hydrogen) atoms. The van der Waals surface area contributed by atoms with Crippen LogP contribution in [0.15, 0.2) is 78.9 Å². The smallest absolute Gasteiger partial charge is 0.319 e. The molecule has 0 aromatic heterocycles. The van der Waals surface area contributed by atoms with Crippen LogP contribution in [0.1, 0.15) is 40.4 Å². The fourth-order valence-corrected chi connectivity index (χ4v) is 3.92. The van der Waals surface area contributed by atoms with Crippen LogP contribution in [0.2, 0.25) is 0 Å². The van der Waals surface area contributed by atoms with Gasteiger partial charge in [0, 0.05) is 24.0 Å². The predicted molar refractivity (Wildman–Crippen MR) is 120 cm³/mol. The highest BCUT2D eigenvalue weighted by atomic mass is 16.2. The molecule has 0 saturated heterocycles. The number of hydrogen-bond acceptors (Lipinski definition) is 2. The van der Waals surface area contributed by atoms with Gasteiger partial charge in [0.25, 0.3) is 5.91 Å². The zero-order valence-corrected chi connectivity index (χ0v) is 17.0. The third-order valence-corrected chi connectivity index (χ3v) is 5.49. The average molecular weight is 399 g/mol. The van der Waals surface area contributed by atoms with E-state index in [0.717, 1.165) is 24.9 Å². The maximum absolute atomic E-state index is 12.8. The Bertz CT molecular complexity index is 1050. The Morgan fingerprint density at radius 2 is 1.70 bits per heavy atom. The largest absolute Gasteiger partial charge is 0.331 e. The van der Waals surface area contributed by atoms with Gasteiger partial charge in [0.15, 0.2) is 0 Å². The van der Waals surface area contributed by atoms with E-state index in [1.165, 1.54) is 11.1 Å². The quantitative estimate of drug-likeness (QED) is 0.636. The van der Waals surface area contributed by atoms with Crippen LogP contribution in [-0.2, 0) is 6.42 Å². The van der Waals surface area contributed by atoms with Gasteiger partial charge < -0.3 is 15.5 Å². The number of para-hydroxylation sites is 1. The summed E-state index contributed by atoms with van der Waals surface area (Å²) in [5.74, 6) is -0.133. The van der Waals surface area contributed by atoms with Crippen molar-refractivity contribution in [3.05, 3.63) is 95.6 Å². The first-order valence-corrected chi connectivity index (χ1v) is 10.2. The third-order valence-electron chi connectivity index (χ3n) is 5.49. The zero-order valence-electron chi connectivity index (χ0n) is 17.0. The Hall–Kier alpha value is -3.60. The summed E-state index contributed by atoms with van der Waals surface area (Å²) in [5.41, 5.74) is 4.40. The predicted octanol–water partition coefficient (Wildman–Crippen LogP) is 5.16. The van der Waals surface area contributed by atoms with Crippen LogP contribution in [0.5, 0.6) is 0 Å². The highest BCUT2D eigenvalue weighted by Crippen LogP contribution is 2.29. The maximum Gasteiger partial charge on any atom is 0.319 e. The molecule has 1 unspecified atom stereocenters. The fraction of sp³-hybridized carbons (Fsp3) is 0.200. The number of fused-ring (bicyclic) bond motifs is 1. The van der Waals surface area contributed by atoms with Crippen molar-refractivity contribution in [2.24, 2.45) is 0 Å². The summed E-state index contributed by atoms with van der Waals surface area (Å²) in [5, 5.41) is 5.95. The molecule has 3 aromatic rings. The Morgan fingerprint density at radius 3 is 2.53 bits per heavy atom. The molecule has 0 saturated carbocycles. The molecule has 4 rings (SSSR count). The van der Waals surface area contributed by atoms with E-state index in [-0.39, 0.29) is 18.0 Å². The monoisotopic (exact) mass is 399 g/mol. The molecule has 5 heteroatoms. The third kappa shape index (κ3) is 4.35. The first-order valence-electron chi connectivity index (χ1n) is 10.2. The summed E-state index contributed by atoms with van der Waals surface area (Å²) in [6.07, 6.45) is 3.03. The van der Waals surface area contributed by atoms with Crippen molar-refractivity contribution in [3.63, 3.8) is 0 Å². The van der Waals surface area contributed by atoms with Crippen LogP contribution in [0, 0.1) is 0 Å². The van der Waals surface area contributed by atoms with E-state index in [9.17, 15) is 9.59 Å². The summed E-state index contributed by atoms with van der Waals surface area (Å²) in [7, 11) is 1.74. The molecule has 1 aliphatic rings. The Labute approximate surface area is 176 Å².